The summed E-state index contributed by atoms with van der Waals surface area (Å²) in [4.78, 5) is 31.3. The zero-order chi connectivity index (χ0) is 20.2. The van der Waals surface area contributed by atoms with Crippen molar-refractivity contribution in [2.24, 2.45) is 11.8 Å². The van der Waals surface area contributed by atoms with Gasteiger partial charge in [-0.15, -0.1) is 0 Å². The van der Waals surface area contributed by atoms with Gasteiger partial charge in [0.05, 0.1) is 5.39 Å². The Labute approximate surface area is 177 Å². The number of carbonyl (C=O) groups is 1. The van der Waals surface area contributed by atoms with E-state index in [4.69, 9.17) is 0 Å². The van der Waals surface area contributed by atoms with Gasteiger partial charge in [-0.05, 0) is 50.5 Å². The molecular weight excluding hydrogens is 400 g/mol. The summed E-state index contributed by atoms with van der Waals surface area (Å²) in [6.45, 7) is 3.51. The minimum absolute atomic E-state index is 0.0483. The van der Waals surface area contributed by atoms with Gasteiger partial charge in [0.25, 0.3) is 0 Å². The van der Waals surface area contributed by atoms with Gasteiger partial charge >= 0.3 is 6.03 Å². The number of hydrogen-bond acceptors (Lipinski definition) is 7. The fraction of sp³-hybridized carbons (Fsp3) is 0.550. The molecule has 9 nitrogen and oxygen atoms in total. The maximum Gasteiger partial charge on any atom is 0.323 e. The second-order valence-corrected chi connectivity index (χ2v) is 9.51. The number of H-pyrrole nitrogens is 1. The van der Waals surface area contributed by atoms with Crippen molar-refractivity contribution in [3.8, 4) is 0 Å². The van der Waals surface area contributed by atoms with Gasteiger partial charge in [-0.1, -0.05) is 0 Å². The number of fused-ring (bicyclic) bond motifs is 2. The molecule has 2 saturated carbocycles. The number of hydrogen-bond donors (Lipinski definition) is 3. The quantitative estimate of drug-likeness (QED) is 0.592. The molecule has 1 aliphatic heterocycles. The lowest BCUT2D eigenvalue weighted by Gasteiger charge is -2.20. The van der Waals surface area contributed by atoms with Crippen LogP contribution in [0.15, 0.2) is 12.3 Å². The molecule has 156 valence electrons. The number of carbonyl (C=O) groups excluding carboxylic acids is 1. The van der Waals surface area contributed by atoms with Crippen molar-refractivity contribution < 1.29 is 4.79 Å². The highest BCUT2D eigenvalue weighted by molar-refractivity contribution is 7.09. The van der Waals surface area contributed by atoms with Crippen LogP contribution < -0.4 is 10.6 Å². The Balaban J connectivity index is 1.07. The summed E-state index contributed by atoms with van der Waals surface area (Å²) in [5, 5.41) is 8.23. The first-order chi connectivity index (χ1) is 14.6. The molecule has 2 aliphatic carbocycles. The number of aryl methyl sites for hydroxylation is 1. The lowest BCUT2D eigenvalue weighted by atomic mass is 10.0. The Morgan fingerprint density at radius 2 is 2.00 bits per heavy atom. The second kappa shape index (κ2) is 6.90. The van der Waals surface area contributed by atoms with Crippen molar-refractivity contribution in [3.63, 3.8) is 0 Å². The van der Waals surface area contributed by atoms with Gasteiger partial charge < -0.3 is 15.2 Å². The minimum atomic E-state index is -0.0483. The summed E-state index contributed by atoms with van der Waals surface area (Å²) in [6.07, 6.45) is 6.33. The SMILES string of the molecule is Cc1nc(N[C@@H]2C[C@@H]3CN(C(=O)Nc4nc(C5CC5)ns4)C[C@@H]3C2)c2cc[nH]c2n1. The van der Waals surface area contributed by atoms with E-state index in [1.54, 1.807) is 0 Å². The molecule has 0 aromatic carbocycles. The number of aromatic amines is 1. The molecule has 0 spiro atoms. The first kappa shape index (κ1) is 18.1. The number of anilines is 2. The number of amides is 2. The highest BCUT2D eigenvalue weighted by Gasteiger charge is 2.42. The number of aromatic nitrogens is 5. The molecule has 3 atom stereocenters. The van der Waals surface area contributed by atoms with E-state index >= 15 is 0 Å². The highest BCUT2D eigenvalue weighted by atomic mass is 32.1. The molecular formula is C20H24N8OS. The molecule has 0 unspecified atom stereocenters. The molecule has 30 heavy (non-hydrogen) atoms. The molecule has 0 bridgehead atoms. The molecule has 3 N–H and O–H groups in total. The van der Waals surface area contributed by atoms with Crippen LogP contribution >= 0.6 is 11.5 Å². The number of nitrogens with one attached hydrogen (secondary N) is 3. The van der Waals surface area contributed by atoms with Crippen molar-refractivity contribution in [2.45, 2.75) is 44.6 Å². The Morgan fingerprint density at radius 3 is 2.77 bits per heavy atom. The third-order valence-corrected chi connectivity index (χ3v) is 7.15. The summed E-state index contributed by atoms with van der Waals surface area (Å²) in [5.74, 6) is 4.10. The molecule has 3 aliphatic rings. The second-order valence-electron chi connectivity index (χ2n) is 8.76. The molecule has 4 heterocycles. The Kier molecular flexibility index (Phi) is 4.15. The highest BCUT2D eigenvalue weighted by Crippen LogP contribution is 2.41. The molecule has 1 saturated heterocycles. The summed E-state index contributed by atoms with van der Waals surface area (Å²) in [6, 6.07) is 2.34. The molecule has 10 heteroatoms. The maximum absolute atomic E-state index is 12.7. The average molecular weight is 425 g/mol. The maximum atomic E-state index is 12.7. The molecule has 6 rings (SSSR count). The van der Waals surface area contributed by atoms with Crippen LogP contribution in [-0.4, -0.2) is 54.4 Å². The zero-order valence-electron chi connectivity index (χ0n) is 16.8. The van der Waals surface area contributed by atoms with Crippen molar-refractivity contribution in [1.29, 1.82) is 0 Å². The van der Waals surface area contributed by atoms with E-state index in [0.29, 0.717) is 28.9 Å². The number of urea groups is 1. The average Bonchev–Trinajstić information content (AvgIpc) is 3.06. The van der Waals surface area contributed by atoms with E-state index in [9.17, 15) is 4.79 Å². The van der Waals surface area contributed by atoms with Gasteiger partial charge in [0.2, 0.25) is 5.13 Å². The fourth-order valence-electron chi connectivity index (χ4n) is 4.90. The van der Waals surface area contributed by atoms with Gasteiger partial charge in [0, 0.05) is 42.8 Å². The third-order valence-electron chi connectivity index (χ3n) is 6.50. The molecule has 0 radical (unpaired) electrons. The van der Waals surface area contributed by atoms with Crippen LogP contribution in [0.5, 0.6) is 0 Å². The van der Waals surface area contributed by atoms with E-state index in [-0.39, 0.29) is 6.03 Å². The molecule has 3 aromatic rings. The summed E-state index contributed by atoms with van der Waals surface area (Å²) < 4.78 is 4.37. The fourth-order valence-corrected chi connectivity index (χ4v) is 5.54. The van der Waals surface area contributed by atoms with Gasteiger partial charge in [0.15, 0.2) is 0 Å². The van der Waals surface area contributed by atoms with E-state index < -0.39 is 0 Å². The van der Waals surface area contributed by atoms with Crippen molar-refractivity contribution >= 4 is 39.5 Å². The minimum Gasteiger partial charge on any atom is -0.367 e. The lowest BCUT2D eigenvalue weighted by molar-refractivity contribution is 0.218. The zero-order valence-corrected chi connectivity index (χ0v) is 17.6. The van der Waals surface area contributed by atoms with Crippen molar-refractivity contribution in [3.05, 3.63) is 23.9 Å². The van der Waals surface area contributed by atoms with Crippen molar-refractivity contribution in [2.75, 3.05) is 23.7 Å². The number of likely N-dealkylation sites (tertiary alicyclic amines) is 1. The van der Waals surface area contributed by atoms with E-state index in [0.717, 1.165) is 54.4 Å². The Morgan fingerprint density at radius 1 is 1.20 bits per heavy atom. The molecule has 3 aromatic heterocycles. The first-order valence-electron chi connectivity index (χ1n) is 10.6. The van der Waals surface area contributed by atoms with Gasteiger partial charge in [-0.2, -0.15) is 4.37 Å². The van der Waals surface area contributed by atoms with Crippen LogP contribution in [-0.2, 0) is 0 Å². The third kappa shape index (κ3) is 3.28. The molecule has 2 amide bonds. The van der Waals surface area contributed by atoms with Gasteiger partial charge in [0.1, 0.15) is 23.1 Å². The Hall–Kier alpha value is -2.75. The van der Waals surface area contributed by atoms with E-state index in [1.807, 2.05) is 24.1 Å². The van der Waals surface area contributed by atoms with Crippen LogP contribution in [0.1, 0.15) is 43.3 Å². The largest absolute Gasteiger partial charge is 0.367 e. The lowest BCUT2D eigenvalue weighted by Crippen LogP contribution is -2.34. The number of nitrogens with zero attached hydrogens (tertiary/aromatic N) is 5. The smallest absolute Gasteiger partial charge is 0.323 e. The van der Waals surface area contributed by atoms with Crippen LogP contribution in [0.2, 0.25) is 0 Å². The van der Waals surface area contributed by atoms with Gasteiger partial charge in [-0.25, -0.2) is 19.7 Å². The summed E-state index contributed by atoms with van der Waals surface area (Å²) >= 11 is 1.29. The summed E-state index contributed by atoms with van der Waals surface area (Å²) in [7, 11) is 0. The van der Waals surface area contributed by atoms with E-state index in [2.05, 4.69) is 34.9 Å². The predicted octanol–water partition coefficient (Wildman–Crippen LogP) is 3.35. The van der Waals surface area contributed by atoms with Crippen LogP contribution in [0.25, 0.3) is 11.0 Å². The standard InChI is InChI=1S/C20H24N8OS/c1-10-22-17-15(4-5-21-17)18(23-10)24-14-6-12-8-28(9-13(12)7-14)20(29)26-19-25-16(27-30-19)11-2-3-11/h4-5,11-14H,2-3,6-9H2,1H3,(H2,21,22,23,24)(H,25,26,27,29)/t12-,13+,14-. The molecule has 3 fully saturated rings. The Bertz CT molecular complexity index is 1090. The summed E-state index contributed by atoms with van der Waals surface area (Å²) in [5.41, 5.74) is 0.868. The predicted molar refractivity (Wildman–Crippen MR) is 115 cm³/mol. The normalized spacial score (nSPS) is 25.6. The van der Waals surface area contributed by atoms with Crippen LogP contribution in [0, 0.1) is 18.8 Å². The van der Waals surface area contributed by atoms with Crippen LogP contribution in [0.3, 0.4) is 0 Å². The van der Waals surface area contributed by atoms with Crippen molar-refractivity contribution in [1.82, 2.24) is 29.2 Å². The number of rotatable bonds is 4. The van der Waals surface area contributed by atoms with E-state index in [1.165, 1.54) is 24.4 Å². The monoisotopic (exact) mass is 424 g/mol. The first-order valence-corrected chi connectivity index (χ1v) is 11.4. The topological polar surface area (TPSA) is 112 Å². The van der Waals surface area contributed by atoms with Crippen LogP contribution in [0.4, 0.5) is 15.7 Å². The van der Waals surface area contributed by atoms with Gasteiger partial charge in [-0.3, -0.25) is 5.32 Å².